The van der Waals surface area contributed by atoms with Crippen molar-refractivity contribution in [3.63, 3.8) is 0 Å². The zero-order valence-electron chi connectivity index (χ0n) is 27.5. The first-order valence-corrected chi connectivity index (χ1v) is 19.7. The quantitative estimate of drug-likeness (QED) is 0.0411. The zero-order valence-corrected chi connectivity index (χ0v) is 29.2. The van der Waals surface area contributed by atoms with Crippen molar-refractivity contribution in [2.24, 2.45) is 0 Å². The van der Waals surface area contributed by atoms with Gasteiger partial charge in [-0.15, -0.1) is 0 Å². The Balaban J connectivity index is 0. The van der Waals surface area contributed by atoms with Gasteiger partial charge in [-0.1, -0.05) is 135 Å². The molecule has 9 nitrogen and oxygen atoms in total. The molecule has 260 valence electrons. The van der Waals surface area contributed by atoms with Crippen LogP contribution in [-0.4, -0.2) is 52.9 Å². The maximum atomic E-state index is 10.3. The lowest BCUT2D eigenvalue weighted by Crippen LogP contribution is -2.04. The second kappa shape index (κ2) is 34.3. The number of hydrogen-bond acceptors (Lipinski definition) is 7. The van der Waals surface area contributed by atoms with Gasteiger partial charge in [0.2, 0.25) is 0 Å². The van der Waals surface area contributed by atoms with Crippen LogP contribution in [0, 0.1) is 0 Å². The number of ether oxygens (including phenoxy) is 1. The van der Waals surface area contributed by atoms with Crippen molar-refractivity contribution in [1.29, 1.82) is 0 Å². The third kappa shape index (κ3) is 48.5. The zero-order chi connectivity index (χ0) is 32.3. The van der Waals surface area contributed by atoms with Gasteiger partial charge >= 0.3 is 20.8 Å². The molecule has 0 aliphatic rings. The van der Waals surface area contributed by atoms with E-state index < -0.39 is 20.8 Å². The first kappa shape index (κ1) is 44.6. The predicted octanol–water partition coefficient (Wildman–Crippen LogP) is 9.59. The first-order chi connectivity index (χ1) is 20.6. The van der Waals surface area contributed by atoms with Crippen LogP contribution in [0.1, 0.15) is 167 Å². The van der Waals surface area contributed by atoms with Gasteiger partial charge in [0.15, 0.2) is 0 Å². The number of unbranched alkanes of at least 4 members (excludes halogenated alkanes) is 22. The molecule has 0 rings (SSSR count). The van der Waals surface area contributed by atoms with Crippen molar-refractivity contribution in [3.05, 3.63) is 12.2 Å². The summed E-state index contributed by atoms with van der Waals surface area (Å²) in [5.41, 5.74) is 0. The Bertz CT molecular complexity index is 785. The highest BCUT2D eigenvalue weighted by atomic mass is 32.3. The summed E-state index contributed by atoms with van der Waals surface area (Å²) in [6.45, 7) is 3.30. The number of rotatable bonds is 32. The molecule has 0 bridgehead atoms. The molecule has 11 heteroatoms. The van der Waals surface area contributed by atoms with E-state index in [1.54, 1.807) is 7.11 Å². The van der Waals surface area contributed by atoms with E-state index in [0.29, 0.717) is 12.8 Å². The third-order valence-electron chi connectivity index (χ3n) is 7.11. The van der Waals surface area contributed by atoms with E-state index >= 15 is 0 Å². The minimum Gasteiger partial charge on any atom is -0.385 e. The Morgan fingerprint density at radius 3 is 1.02 bits per heavy atom. The number of methoxy groups -OCH3 is 1. The molecule has 0 aromatic rings. The summed E-state index contributed by atoms with van der Waals surface area (Å²) >= 11 is 0. The van der Waals surface area contributed by atoms with Crippen LogP contribution in [-0.2, 0) is 33.9 Å². The fraction of sp³-hybridized carbons (Fsp3) is 0.938. The minimum absolute atomic E-state index is 0.0801. The predicted molar refractivity (Wildman–Crippen MR) is 177 cm³/mol. The van der Waals surface area contributed by atoms with Gasteiger partial charge in [-0.05, 0) is 44.9 Å². The molecule has 0 saturated carbocycles. The standard InChI is InChI=1S/C16H34O5S.C16H32O4S/c1-20-15-13-11-9-7-5-3-2-4-6-8-10-12-14-16-21-22(17,18)19;1-2-3-4-5-6-7-8-9-10-11-12-13-14-15-16-20-21(17,18)19/h2-16H2,1H3,(H,17,18,19);8-9H,2-7,10-16H2,1H3,(H,17,18,19)/b;9-8+. The average Bonchev–Trinajstić information content (AvgIpc) is 2.94. The Labute approximate surface area is 265 Å². The van der Waals surface area contributed by atoms with E-state index in [1.807, 2.05) is 0 Å². The molecule has 0 unspecified atom stereocenters. The molecule has 0 aliphatic heterocycles. The van der Waals surface area contributed by atoms with Gasteiger partial charge < -0.3 is 4.74 Å². The molecule has 0 atom stereocenters. The van der Waals surface area contributed by atoms with Gasteiger partial charge in [0.25, 0.3) is 0 Å². The lowest BCUT2D eigenvalue weighted by molar-refractivity contribution is 0.192. The van der Waals surface area contributed by atoms with Crippen LogP contribution in [0.2, 0.25) is 0 Å². The second-order valence-corrected chi connectivity index (χ2v) is 13.5. The summed E-state index contributed by atoms with van der Waals surface area (Å²) in [6, 6.07) is 0. The second-order valence-electron chi connectivity index (χ2n) is 11.3. The van der Waals surface area contributed by atoms with Crippen molar-refractivity contribution in [3.8, 4) is 0 Å². The van der Waals surface area contributed by atoms with Crippen molar-refractivity contribution in [1.82, 2.24) is 0 Å². The first-order valence-electron chi connectivity index (χ1n) is 17.0. The van der Waals surface area contributed by atoms with Gasteiger partial charge in [0.1, 0.15) is 0 Å². The molecule has 0 spiro atoms. The SMILES string of the molecule is CCCCCCC/C=C/CCCCCCCOS(=O)(=O)O.COCCCCCCCCCCCCCCCOS(=O)(=O)O. The molecule has 0 fully saturated rings. The molecule has 0 heterocycles. The van der Waals surface area contributed by atoms with Gasteiger partial charge in [0.05, 0.1) is 13.2 Å². The van der Waals surface area contributed by atoms with Crippen LogP contribution in [0.25, 0.3) is 0 Å². The summed E-state index contributed by atoms with van der Waals surface area (Å²) in [7, 11) is -6.74. The fourth-order valence-electron chi connectivity index (χ4n) is 4.62. The van der Waals surface area contributed by atoms with Crippen molar-refractivity contribution in [2.75, 3.05) is 26.9 Å². The molecular weight excluding hydrogens is 592 g/mol. The Morgan fingerprint density at radius 2 is 0.721 bits per heavy atom. The van der Waals surface area contributed by atoms with E-state index in [1.165, 1.54) is 109 Å². The molecule has 0 aromatic carbocycles. The molecule has 43 heavy (non-hydrogen) atoms. The number of allylic oxidation sites excluding steroid dienone is 2. The monoisotopic (exact) mass is 658 g/mol. The Hall–Kier alpha value is -0.560. The van der Waals surface area contributed by atoms with Gasteiger partial charge in [-0.25, -0.2) is 8.37 Å². The Morgan fingerprint density at radius 1 is 0.442 bits per heavy atom. The van der Waals surface area contributed by atoms with Crippen LogP contribution in [0.4, 0.5) is 0 Å². The van der Waals surface area contributed by atoms with Crippen LogP contribution >= 0.6 is 0 Å². The molecule has 0 saturated heterocycles. The molecule has 0 amide bonds. The van der Waals surface area contributed by atoms with Crippen LogP contribution in [0.15, 0.2) is 12.2 Å². The van der Waals surface area contributed by atoms with E-state index in [-0.39, 0.29) is 13.2 Å². The largest absolute Gasteiger partial charge is 0.397 e. The Kier molecular flexibility index (Phi) is 35.6. The van der Waals surface area contributed by atoms with E-state index in [4.69, 9.17) is 13.8 Å². The van der Waals surface area contributed by atoms with Crippen molar-refractivity contribution >= 4 is 20.8 Å². The highest BCUT2D eigenvalue weighted by Crippen LogP contribution is 2.13. The molecule has 0 radical (unpaired) electrons. The highest BCUT2D eigenvalue weighted by molar-refractivity contribution is 7.81. The maximum absolute atomic E-state index is 10.3. The van der Waals surface area contributed by atoms with Gasteiger partial charge in [-0.2, -0.15) is 16.8 Å². The molecule has 0 aliphatic carbocycles. The van der Waals surface area contributed by atoms with E-state index in [2.05, 4.69) is 27.4 Å². The summed E-state index contributed by atoms with van der Waals surface area (Å²) in [6.07, 6.45) is 34.3. The molecular formula is C32H66O9S2. The van der Waals surface area contributed by atoms with Gasteiger partial charge in [0, 0.05) is 13.7 Å². The summed E-state index contributed by atoms with van der Waals surface area (Å²) in [5, 5.41) is 0. The highest BCUT2D eigenvalue weighted by Gasteiger charge is 2.03. The van der Waals surface area contributed by atoms with Crippen LogP contribution in [0.5, 0.6) is 0 Å². The number of hydrogen-bond donors (Lipinski definition) is 2. The summed E-state index contributed by atoms with van der Waals surface area (Å²) < 4.78 is 71.5. The van der Waals surface area contributed by atoms with Crippen molar-refractivity contribution in [2.45, 2.75) is 167 Å². The summed E-state index contributed by atoms with van der Waals surface area (Å²) in [5.74, 6) is 0. The average molecular weight is 659 g/mol. The lowest BCUT2D eigenvalue weighted by Gasteiger charge is -2.03. The van der Waals surface area contributed by atoms with E-state index in [9.17, 15) is 16.8 Å². The van der Waals surface area contributed by atoms with Crippen LogP contribution < -0.4 is 0 Å². The third-order valence-corrected chi connectivity index (χ3v) is 8.04. The minimum atomic E-state index is -4.25. The topological polar surface area (TPSA) is 136 Å². The van der Waals surface area contributed by atoms with E-state index in [0.717, 1.165) is 45.1 Å². The normalized spacial score (nSPS) is 12.1. The lowest BCUT2D eigenvalue weighted by atomic mass is 10.0. The molecule has 0 aromatic heterocycles. The van der Waals surface area contributed by atoms with Crippen LogP contribution in [0.3, 0.4) is 0 Å². The van der Waals surface area contributed by atoms with Crippen molar-refractivity contribution < 1.29 is 39.0 Å². The fourth-order valence-corrected chi connectivity index (χ4v) is 5.27. The smallest absolute Gasteiger partial charge is 0.385 e. The maximum Gasteiger partial charge on any atom is 0.397 e. The van der Waals surface area contributed by atoms with Gasteiger partial charge in [-0.3, -0.25) is 9.11 Å². The summed E-state index contributed by atoms with van der Waals surface area (Å²) in [4.78, 5) is 0. The molecule has 2 N–H and O–H groups in total.